The van der Waals surface area contributed by atoms with Gasteiger partial charge in [-0.25, -0.2) is 0 Å². The van der Waals surface area contributed by atoms with Crippen molar-refractivity contribution in [3.05, 3.63) is 18.2 Å². The molecule has 0 aliphatic carbocycles. The first-order chi connectivity index (χ1) is 10.1. The molecule has 2 aliphatic heterocycles. The number of fused-ring (bicyclic) bond motifs is 1. The molecular weight excluding hydrogens is 268 g/mol. The number of likely N-dealkylation sites (tertiary alicyclic amines) is 1. The molecule has 2 heterocycles. The normalized spacial score (nSPS) is 27.4. The van der Waals surface area contributed by atoms with Crippen LogP contribution in [0.15, 0.2) is 18.2 Å². The average Bonchev–Trinajstić information content (AvgIpc) is 2.84. The van der Waals surface area contributed by atoms with Crippen LogP contribution in [0.4, 0.5) is 5.69 Å². The average molecular weight is 291 g/mol. The van der Waals surface area contributed by atoms with E-state index in [-0.39, 0.29) is 12.7 Å². The van der Waals surface area contributed by atoms with E-state index in [0.717, 1.165) is 24.5 Å². The first-order valence-electron chi connectivity index (χ1n) is 7.63. The third kappa shape index (κ3) is 3.47. The Morgan fingerprint density at radius 2 is 1.95 bits per heavy atom. The standard InChI is InChI=1S/C16H22N2O3/c1-11-5-12(2)8-18(7-11)9-16(19)17-13-3-4-14-15(6-13)21-10-20-14/h3-4,6,11-12H,5,7-10H2,1-2H3,(H,17,19)/p+1/t11-,12+. The second kappa shape index (κ2) is 5.93. The molecule has 1 unspecified atom stereocenters. The Kier molecular flexibility index (Phi) is 4.01. The summed E-state index contributed by atoms with van der Waals surface area (Å²) >= 11 is 0. The molecule has 2 N–H and O–H groups in total. The Bertz CT molecular complexity index is 522. The number of carbonyl (C=O) groups is 1. The van der Waals surface area contributed by atoms with Crippen molar-refractivity contribution >= 4 is 11.6 Å². The lowest BCUT2D eigenvalue weighted by atomic mass is 9.92. The van der Waals surface area contributed by atoms with Gasteiger partial charge in [-0.1, -0.05) is 13.8 Å². The molecule has 3 atom stereocenters. The van der Waals surface area contributed by atoms with E-state index in [4.69, 9.17) is 9.47 Å². The van der Waals surface area contributed by atoms with Gasteiger partial charge in [-0.3, -0.25) is 4.79 Å². The van der Waals surface area contributed by atoms with Crippen LogP contribution < -0.4 is 19.7 Å². The van der Waals surface area contributed by atoms with Crippen molar-refractivity contribution in [2.45, 2.75) is 20.3 Å². The van der Waals surface area contributed by atoms with Crippen LogP contribution >= 0.6 is 0 Å². The van der Waals surface area contributed by atoms with Gasteiger partial charge in [-0.2, -0.15) is 0 Å². The molecule has 1 amide bonds. The van der Waals surface area contributed by atoms with Crippen LogP contribution in [0.2, 0.25) is 0 Å². The van der Waals surface area contributed by atoms with Crippen molar-refractivity contribution in [2.75, 3.05) is 31.7 Å². The fraction of sp³-hybridized carbons (Fsp3) is 0.562. The molecule has 0 saturated carbocycles. The molecule has 114 valence electrons. The number of hydrogen-bond acceptors (Lipinski definition) is 3. The van der Waals surface area contributed by atoms with E-state index >= 15 is 0 Å². The van der Waals surface area contributed by atoms with Crippen molar-refractivity contribution in [3.8, 4) is 11.5 Å². The summed E-state index contributed by atoms with van der Waals surface area (Å²) in [6.45, 7) is 7.48. The number of hydrogen-bond donors (Lipinski definition) is 2. The Hall–Kier alpha value is -1.75. The quantitative estimate of drug-likeness (QED) is 0.870. The van der Waals surface area contributed by atoms with Crippen LogP contribution in [0.3, 0.4) is 0 Å². The molecule has 0 aromatic heterocycles. The van der Waals surface area contributed by atoms with Gasteiger partial charge in [0.25, 0.3) is 5.91 Å². The van der Waals surface area contributed by atoms with Crippen LogP contribution in [0, 0.1) is 11.8 Å². The second-order valence-electron chi connectivity index (χ2n) is 6.40. The topological polar surface area (TPSA) is 52.0 Å². The third-order valence-corrected chi connectivity index (χ3v) is 4.15. The van der Waals surface area contributed by atoms with Crippen LogP contribution in [0.5, 0.6) is 11.5 Å². The highest BCUT2D eigenvalue weighted by atomic mass is 16.7. The molecule has 1 saturated heterocycles. The summed E-state index contributed by atoms with van der Waals surface area (Å²) in [6, 6.07) is 5.50. The number of rotatable bonds is 3. The molecule has 2 aliphatic rings. The zero-order chi connectivity index (χ0) is 14.8. The number of benzene rings is 1. The predicted molar refractivity (Wildman–Crippen MR) is 79.7 cm³/mol. The van der Waals surface area contributed by atoms with Gasteiger partial charge in [0.2, 0.25) is 6.79 Å². The summed E-state index contributed by atoms with van der Waals surface area (Å²) in [5, 5.41) is 2.95. The van der Waals surface area contributed by atoms with Crippen molar-refractivity contribution in [2.24, 2.45) is 11.8 Å². The zero-order valence-corrected chi connectivity index (χ0v) is 12.6. The third-order valence-electron chi connectivity index (χ3n) is 4.15. The number of piperidine rings is 1. The fourth-order valence-corrected chi connectivity index (χ4v) is 3.47. The first-order valence-corrected chi connectivity index (χ1v) is 7.63. The van der Waals surface area contributed by atoms with Crippen LogP contribution in [0.1, 0.15) is 20.3 Å². The first kappa shape index (κ1) is 14.2. The van der Waals surface area contributed by atoms with E-state index in [2.05, 4.69) is 19.2 Å². The van der Waals surface area contributed by atoms with E-state index in [9.17, 15) is 4.79 Å². The van der Waals surface area contributed by atoms with E-state index in [1.807, 2.05) is 18.2 Å². The summed E-state index contributed by atoms with van der Waals surface area (Å²) in [4.78, 5) is 13.6. The highest BCUT2D eigenvalue weighted by molar-refractivity contribution is 5.91. The maximum atomic E-state index is 12.2. The molecule has 0 radical (unpaired) electrons. The van der Waals surface area contributed by atoms with Gasteiger partial charge in [0, 0.05) is 23.6 Å². The summed E-state index contributed by atoms with van der Waals surface area (Å²) in [6.07, 6.45) is 1.27. The number of carbonyl (C=O) groups excluding carboxylic acids is 1. The monoisotopic (exact) mass is 291 g/mol. The largest absolute Gasteiger partial charge is 0.454 e. The summed E-state index contributed by atoms with van der Waals surface area (Å²) < 4.78 is 10.6. The lowest BCUT2D eigenvalue weighted by molar-refractivity contribution is -0.904. The summed E-state index contributed by atoms with van der Waals surface area (Å²) in [5.74, 6) is 2.88. The van der Waals surface area contributed by atoms with Crippen LogP contribution in [-0.2, 0) is 4.79 Å². The second-order valence-corrected chi connectivity index (χ2v) is 6.40. The highest BCUT2D eigenvalue weighted by Gasteiger charge is 2.26. The number of ether oxygens (including phenoxy) is 2. The van der Waals surface area contributed by atoms with Crippen molar-refractivity contribution in [1.29, 1.82) is 0 Å². The van der Waals surface area contributed by atoms with E-state index in [1.165, 1.54) is 11.3 Å². The van der Waals surface area contributed by atoms with Crippen molar-refractivity contribution in [3.63, 3.8) is 0 Å². The molecule has 3 rings (SSSR count). The zero-order valence-electron chi connectivity index (χ0n) is 12.6. The molecule has 1 aromatic rings. The van der Waals surface area contributed by atoms with Gasteiger partial charge in [0.1, 0.15) is 0 Å². The molecule has 5 nitrogen and oxygen atoms in total. The minimum atomic E-state index is 0.0603. The smallest absolute Gasteiger partial charge is 0.279 e. The number of amides is 1. The minimum Gasteiger partial charge on any atom is -0.454 e. The molecule has 1 aromatic carbocycles. The van der Waals surface area contributed by atoms with Gasteiger partial charge in [0.15, 0.2) is 18.0 Å². The van der Waals surface area contributed by atoms with E-state index in [0.29, 0.717) is 24.1 Å². The van der Waals surface area contributed by atoms with Crippen molar-refractivity contribution in [1.82, 2.24) is 0 Å². The van der Waals surface area contributed by atoms with Gasteiger partial charge in [-0.15, -0.1) is 0 Å². The lowest BCUT2D eigenvalue weighted by Gasteiger charge is -2.31. The van der Waals surface area contributed by atoms with Gasteiger partial charge in [-0.05, 0) is 18.6 Å². The van der Waals surface area contributed by atoms with E-state index < -0.39 is 0 Å². The van der Waals surface area contributed by atoms with Crippen LogP contribution in [0.25, 0.3) is 0 Å². The fourth-order valence-electron chi connectivity index (χ4n) is 3.47. The highest BCUT2D eigenvalue weighted by Crippen LogP contribution is 2.34. The van der Waals surface area contributed by atoms with Gasteiger partial charge in [0.05, 0.1) is 13.1 Å². The maximum absolute atomic E-state index is 12.2. The summed E-state index contributed by atoms with van der Waals surface area (Å²) in [7, 11) is 0. The predicted octanol–water partition coefficient (Wildman–Crippen LogP) is 0.915. The Labute approximate surface area is 125 Å². The van der Waals surface area contributed by atoms with Gasteiger partial charge >= 0.3 is 0 Å². The van der Waals surface area contributed by atoms with Crippen molar-refractivity contribution < 1.29 is 19.2 Å². The number of quaternary nitrogens is 1. The molecule has 21 heavy (non-hydrogen) atoms. The summed E-state index contributed by atoms with van der Waals surface area (Å²) in [5.41, 5.74) is 0.766. The molecule has 5 heteroatoms. The SMILES string of the molecule is C[C@@H]1C[C@H](C)C[NH+](CC(=O)Nc2ccc3c(c2)OCO3)C1. The molecule has 0 spiro atoms. The van der Waals surface area contributed by atoms with Gasteiger partial charge < -0.3 is 19.7 Å². The maximum Gasteiger partial charge on any atom is 0.279 e. The van der Waals surface area contributed by atoms with E-state index in [1.54, 1.807) is 0 Å². The molecular formula is C16H23N2O3+. The lowest BCUT2D eigenvalue weighted by Crippen LogP contribution is -3.15. The van der Waals surface area contributed by atoms with Crippen LogP contribution in [-0.4, -0.2) is 32.3 Å². The Morgan fingerprint density at radius 1 is 1.24 bits per heavy atom. The Balaban J connectivity index is 1.56. The molecule has 0 bridgehead atoms. The Morgan fingerprint density at radius 3 is 2.71 bits per heavy atom. The number of nitrogens with one attached hydrogen (secondary N) is 2. The number of anilines is 1. The molecule has 1 fully saturated rings. The minimum absolute atomic E-state index is 0.0603.